The molecule has 2 aliphatic rings. The maximum Gasteiger partial charge on any atom is 0.308 e. The molecule has 2 aliphatic heterocycles. The zero-order valence-corrected chi connectivity index (χ0v) is 14.8. The van der Waals surface area contributed by atoms with Crippen LogP contribution >= 0.6 is 23.7 Å². The Hall–Kier alpha value is -0.850. The van der Waals surface area contributed by atoms with Crippen LogP contribution < -0.4 is 10.2 Å². The van der Waals surface area contributed by atoms with Gasteiger partial charge in [-0.2, -0.15) is 0 Å². The largest absolute Gasteiger partial charge is 0.341 e. The average molecular weight is 346 g/mol. The molecule has 22 heavy (non-hydrogen) atoms. The van der Waals surface area contributed by atoms with Crippen LogP contribution in [0.3, 0.4) is 0 Å². The van der Waals surface area contributed by atoms with Crippen molar-refractivity contribution in [2.75, 3.05) is 26.2 Å². The number of nitrogens with zero attached hydrogens (tertiary/aromatic N) is 2. The SMILES string of the molecule is Cc1sc(=O)n(CC(=O)N2CCC3(CCNC3)CC2)c1C.Cl. The van der Waals surface area contributed by atoms with E-state index in [0.29, 0.717) is 5.41 Å². The van der Waals surface area contributed by atoms with Gasteiger partial charge in [0.1, 0.15) is 6.54 Å². The highest BCUT2D eigenvalue weighted by atomic mass is 35.5. The van der Waals surface area contributed by atoms with Crippen molar-refractivity contribution >= 4 is 29.7 Å². The number of aromatic nitrogens is 1. The number of nitrogens with one attached hydrogen (secondary N) is 1. The number of hydrogen-bond acceptors (Lipinski definition) is 4. The van der Waals surface area contributed by atoms with Gasteiger partial charge in [-0.1, -0.05) is 11.3 Å². The van der Waals surface area contributed by atoms with Crippen LogP contribution in [0.2, 0.25) is 0 Å². The van der Waals surface area contributed by atoms with Crippen molar-refractivity contribution in [2.24, 2.45) is 5.41 Å². The molecular weight excluding hydrogens is 322 g/mol. The van der Waals surface area contributed by atoms with Crippen LogP contribution in [0.1, 0.15) is 29.8 Å². The number of rotatable bonds is 2. The molecule has 1 spiro atoms. The first-order chi connectivity index (χ1) is 10.0. The molecule has 5 nitrogen and oxygen atoms in total. The molecule has 2 fully saturated rings. The third-order valence-corrected chi connectivity index (χ3v) is 6.17. The average Bonchev–Trinajstić information content (AvgIpc) is 3.00. The Morgan fingerprint density at radius 3 is 2.45 bits per heavy atom. The monoisotopic (exact) mass is 345 g/mol. The lowest BCUT2D eigenvalue weighted by molar-refractivity contribution is -0.134. The normalized spacial score (nSPS) is 20.2. The Bertz CT molecular complexity index is 594. The highest BCUT2D eigenvalue weighted by molar-refractivity contribution is 7.09. The highest BCUT2D eigenvalue weighted by Gasteiger charge is 2.38. The summed E-state index contributed by atoms with van der Waals surface area (Å²) >= 11 is 1.23. The fourth-order valence-electron chi connectivity index (χ4n) is 3.46. The lowest BCUT2D eigenvalue weighted by Crippen LogP contribution is -2.45. The van der Waals surface area contributed by atoms with Crippen LogP contribution in [0.5, 0.6) is 0 Å². The zero-order chi connectivity index (χ0) is 15.0. The molecule has 0 aromatic carbocycles. The van der Waals surface area contributed by atoms with E-state index in [1.54, 1.807) is 4.57 Å². The lowest BCUT2D eigenvalue weighted by atomic mass is 9.78. The molecule has 3 rings (SSSR count). The van der Waals surface area contributed by atoms with Gasteiger partial charge in [0.15, 0.2) is 0 Å². The molecule has 1 aromatic rings. The maximum atomic E-state index is 12.4. The molecule has 7 heteroatoms. The van der Waals surface area contributed by atoms with Gasteiger partial charge in [0, 0.05) is 30.2 Å². The molecule has 0 atom stereocenters. The van der Waals surface area contributed by atoms with Crippen LogP contribution in [-0.4, -0.2) is 41.6 Å². The van der Waals surface area contributed by atoms with Crippen LogP contribution in [0.4, 0.5) is 0 Å². The van der Waals surface area contributed by atoms with E-state index in [1.807, 2.05) is 18.7 Å². The summed E-state index contributed by atoms with van der Waals surface area (Å²) in [5.41, 5.74) is 1.34. The Kier molecular flexibility index (Phi) is 5.35. The number of halogens is 1. The topological polar surface area (TPSA) is 54.3 Å². The maximum absolute atomic E-state index is 12.4. The van der Waals surface area contributed by atoms with Crippen LogP contribution in [0.15, 0.2) is 4.79 Å². The second kappa shape index (κ2) is 6.72. The van der Waals surface area contributed by atoms with Crippen molar-refractivity contribution in [3.63, 3.8) is 0 Å². The molecular formula is C15H24ClN3O2S. The first-order valence-electron chi connectivity index (χ1n) is 7.66. The first kappa shape index (κ1) is 17.5. The Balaban J connectivity index is 0.00000176. The van der Waals surface area contributed by atoms with Crippen molar-refractivity contribution in [1.29, 1.82) is 0 Å². The van der Waals surface area contributed by atoms with Crippen LogP contribution in [0, 0.1) is 19.3 Å². The van der Waals surface area contributed by atoms with E-state index in [4.69, 9.17) is 0 Å². The number of carbonyl (C=O) groups excluding carboxylic acids is 1. The second-order valence-corrected chi connectivity index (χ2v) is 7.57. The van der Waals surface area contributed by atoms with Gasteiger partial charge >= 0.3 is 4.87 Å². The Morgan fingerprint density at radius 2 is 1.95 bits per heavy atom. The summed E-state index contributed by atoms with van der Waals surface area (Å²) in [5, 5.41) is 3.44. The van der Waals surface area contributed by atoms with E-state index in [-0.39, 0.29) is 29.7 Å². The molecule has 0 saturated carbocycles. The predicted molar refractivity (Wildman–Crippen MR) is 91.0 cm³/mol. The smallest absolute Gasteiger partial charge is 0.308 e. The van der Waals surface area contributed by atoms with Gasteiger partial charge in [-0.05, 0) is 45.1 Å². The van der Waals surface area contributed by atoms with E-state index in [9.17, 15) is 9.59 Å². The number of hydrogen-bond donors (Lipinski definition) is 1. The van der Waals surface area contributed by atoms with E-state index < -0.39 is 0 Å². The van der Waals surface area contributed by atoms with Crippen molar-refractivity contribution in [3.8, 4) is 0 Å². The molecule has 1 amide bonds. The van der Waals surface area contributed by atoms with Gasteiger partial charge in [0.25, 0.3) is 0 Å². The van der Waals surface area contributed by atoms with Crippen molar-refractivity contribution < 1.29 is 4.79 Å². The van der Waals surface area contributed by atoms with E-state index in [2.05, 4.69) is 5.32 Å². The summed E-state index contributed by atoms with van der Waals surface area (Å²) in [7, 11) is 0. The predicted octanol–water partition coefficient (Wildman–Crippen LogP) is 1.55. The first-order valence-corrected chi connectivity index (χ1v) is 8.48. The van der Waals surface area contributed by atoms with Gasteiger partial charge in [-0.3, -0.25) is 14.2 Å². The number of likely N-dealkylation sites (tertiary alicyclic amines) is 1. The van der Waals surface area contributed by atoms with Gasteiger partial charge in [-0.15, -0.1) is 12.4 Å². The number of carbonyl (C=O) groups is 1. The molecule has 1 N–H and O–H groups in total. The quantitative estimate of drug-likeness (QED) is 0.884. The minimum absolute atomic E-state index is 0. The highest BCUT2D eigenvalue weighted by Crippen LogP contribution is 2.36. The van der Waals surface area contributed by atoms with E-state index in [1.165, 1.54) is 17.8 Å². The number of piperidine rings is 1. The van der Waals surface area contributed by atoms with E-state index in [0.717, 1.165) is 49.6 Å². The summed E-state index contributed by atoms with van der Waals surface area (Å²) in [6.45, 7) is 7.90. The lowest BCUT2D eigenvalue weighted by Gasteiger charge is -2.39. The molecule has 0 bridgehead atoms. The fraction of sp³-hybridized carbons (Fsp3) is 0.733. The minimum Gasteiger partial charge on any atom is -0.341 e. The Labute approximate surface area is 141 Å². The number of amides is 1. The molecule has 2 saturated heterocycles. The summed E-state index contributed by atoms with van der Waals surface area (Å²) < 4.78 is 1.61. The van der Waals surface area contributed by atoms with Gasteiger partial charge < -0.3 is 10.2 Å². The molecule has 124 valence electrons. The van der Waals surface area contributed by atoms with Crippen LogP contribution in [-0.2, 0) is 11.3 Å². The minimum atomic E-state index is -0.0215. The molecule has 1 aromatic heterocycles. The third kappa shape index (κ3) is 3.24. The van der Waals surface area contributed by atoms with Gasteiger partial charge in [0.05, 0.1) is 0 Å². The molecule has 0 radical (unpaired) electrons. The van der Waals surface area contributed by atoms with Crippen molar-refractivity contribution in [2.45, 2.75) is 39.7 Å². The molecule has 0 aliphatic carbocycles. The number of thiazole rings is 1. The fourth-order valence-corrected chi connectivity index (χ4v) is 4.29. The third-order valence-electron chi connectivity index (χ3n) is 5.18. The van der Waals surface area contributed by atoms with E-state index >= 15 is 0 Å². The zero-order valence-electron chi connectivity index (χ0n) is 13.2. The summed E-state index contributed by atoms with van der Waals surface area (Å²) in [6, 6.07) is 0. The van der Waals surface area contributed by atoms with Crippen molar-refractivity contribution in [1.82, 2.24) is 14.8 Å². The van der Waals surface area contributed by atoms with Crippen LogP contribution in [0.25, 0.3) is 0 Å². The van der Waals surface area contributed by atoms with Crippen molar-refractivity contribution in [3.05, 3.63) is 20.2 Å². The summed E-state index contributed by atoms with van der Waals surface area (Å²) in [4.78, 5) is 27.2. The molecule has 0 unspecified atom stereocenters. The summed E-state index contributed by atoms with van der Waals surface area (Å²) in [5.74, 6) is 0.0822. The van der Waals surface area contributed by atoms with Gasteiger partial charge in [0.2, 0.25) is 5.91 Å². The second-order valence-electron chi connectivity index (χ2n) is 6.40. The number of aryl methyl sites for hydroxylation is 1. The summed E-state index contributed by atoms with van der Waals surface area (Å²) in [6.07, 6.45) is 3.40. The standard InChI is InChI=1S/C15H23N3O2S.ClH/c1-11-12(2)21-14(20)18(11)9-13(19)17-7-4-15(5-8-17)3-6-16-10-15;/h16H,3-10H2,1-2H3;1H. The Morgan fingerprint density at radius 1 is 1.27 bits per heavy atom. The van der Waals surface area contributed by atoms with Gasteiger partial charge in [-0.25, -0.2) is 0 Å². The molecule has 3 heterocycles.